The number of rotatable bonds is 4. The van der Waals surface area contributed by atoms with Crippen molar-refractivity contribution in [3.05, 3.63) is 101 Å². The first-order valence-corrected chi connectivity index (χ1v) is 12.2. The van der Waals surface area contributed by atoms with Crippen LogP contribution in [0.1, 0.15) is 11.1 Å². The van der Waals surface area contributed by atoms with Crippen molar-refractivity contribution in [3.63, 3.8) is 0 Å². The van der Waals surface area contributed by atoms with Gasteiger partial charge in [0.25, 0.3) is 5.91 Å². The Bertz CT molecular complexity index is 1290. The zero-order valence-electron chi connectivity index (χ0n) is 18.5. The number of amides is 1. The summed E-state index contributed by atoms with van der Waals surface area (Å²) in [7, 11) is 1.33. The first-order valence-electron chi connectivity index (χ1n) is 10.6. The van der Waals surface area contributed by atoms with Crippen molar-refractivity contribution in [2.24, 2.45) is 5.10 Å². The highest BCUT2D eigenvalue weighted by Gasteiger charge is 2.60. The summed E-state index contributed by atoms with van der Waals surface area (Å²) in [5, 5.41) is 6.57. The molecule has 2 heterocycles. The maximum absolute atomic E-state index is 13.9. The number of carbonyl (C=O) groups is 2. The number of hydrogen-bond acceptors (Lipinski definition) is 7. The molecule has 0 saturated carbocycles. The van der Waals surface area contributed by atoms with Gasteiger partial charge in [-0.15, -0.1) is 0 Å². The molecule has 1 fully saturated rings. The topological polar surface area (TPSA) is 62.2 Å². The highest BCUT2D eigenvalue weighted by atomic mass is 32.2. The molecule has 0 bridgehead atoms. The minimum atomic E-state index is -1.07. The third-order valence-electron chi connectivity index (χ3n) is 5.38. The number of ether oxygens (including phenoxy) is 1. The largest absolute Gasteiger partial charge is 0.464 e. The van der Waals surface area contributed by atoms with Gasteiger partial charge < -0.3 is 4.74 Å². The number of carbonyl (C=O) groups excluding carboxylic acids is 2. The van der Waals surface area contributed by atoms with E-state index in [1.807, 2.05) is 97.9 Å². The lowest BCUT2D eigenvalue weighted by Gasteiger charge is -2.38. The number of esters is 1. The van der Waals surface area contributed by atoms with Gasteiger partial charge in [0.2, 0.25) is 9.37 Å². The van der Waals surface area contributed by atoms with Gasteiger partial charge in [-0.2, -0.15) is 5.10 Å². The molecule has 3 aromatic carbocycles. The van der Waals surface area contributed by atoms with Crippen LogP contribution in [-0.2, 0) is 14.3 Å². The molecule has 1 atom stereocenters. The van der Waals surface area contributed by atoms with E-state index in [0.29, 0.717) is 10.6 Å². The Morgan fingerprint density at radius 2 is 1.56 bits per heavy atom. The first-order chi connectivity index (χ1) is 16.5. The zero-order valence-corrected chi connectivity index (χ0v) is 20.2. The number of thioether (sulfide) groups is 2. The van der Waals surface area contributed by atoms with E-state index >= 15 is 0 Å². The van der Waals surface area contributed by atoms with Crippen molar-refractivity contribution in [2.45, 2.75) is 11.3 Å². The number of anilines is 2. The molecule has 8 heteroatoms. The van der Waals surface area contributed by atoms with Crippen LogP contribution in [0.3, 0.4) is 0 Å². The number of hydrazone groups is 1. The van der Waals surface area contributed by atoms with E-state index in [2.05, 4.69) is 5.10 Å². The van der Waals surface area contributed by atoms with Gasteiger partial charge in [0.1, 0.15) is 0 Å². The van der Waals surface area contributed by atoms with Crippen LogP contribution in [0.4, 0.5) is 11.4 Å². The summed E-state index contributed by atoms with van der Waals surface area (Å²) in [6.07, 6.45) is 1.88. The molecule has 0 aromatic heterocycles. The molecular weight excluding hydrogens is 466 g/mol. The van der Waals surface area contributed by atoms with Crippen LogP contribution in [0, 0.1) is 6.92 Å². The normalized spacial score (nSPS) is 20.8. The van der Waals surface area contributed by atoms with Crippen LogP contribution < -0.4 is 9.91 Å². The highest BCUT2D eigenvalue weighted by Crippen LogP contribution is 2.59. The fourth-order valence-electron chi connectivity index (χ4n) is 3.75. The third kappa shape index (κ3) is 3.89. The fraction of sp³-hybridized carbons (Fsp3) is 0.115. The first kappa shape index (κ1) is 22.3. The molecular formula is C26H21N3O3S2. The summed E-state index contributed by atoms with van der Waals surface area (Å²) < 4.78 is 3.91. The van der Waals surface area contributed by atoms with E-state index in [1.54, 1.807) is 9.91 Å². The van der Waals surface area contributed by atoms with Crippen LogP contribution in [0.25, 0.3) is 6.08 Å². The molecule has 170 valence electrons. The molecule has 5 rings (SSSR count). The number of nitrogens with zero attached hydrogens (tertiary/aromatic N) is 3. The fourth-order valence-corrected chi connectivity index (χ4v) is 6.64. The molecule has 2 aliphatic heterocycles. The Labute approximate surface area is 206 Å². The summed E-state index contributed by atoms with van der Waals surface area (Å²) in [4.78, 5) is 28.7. The van der Waals surface area contributed by atoms with Crippen LogP contribution in [0.2, 0.25) is 0 Å². The van der Waals surface area contributed by atoms with E-state index < -0.39 is 10.3 Å². The predicted molar refractivity (Wildman–Crippen MR) is 139 cm³/mol. The van der Waals surface area contributed by atoms with Crippen LogP contribution in [0.15, 0.2) is 94.9 Å². The van der Waals surface area contributed by atoms with Gasteiger partial charge >= 0.3 is 5.97 Å². The van der Waals surface area contributed by atoms with Crippen LogP contribution in [-0.4, -0.2) is 28.4 Å². The van der Waals surface area contributed by atoms with E-state index in [1.165, 1.54) is 30.6 Å². The minimum Gasteiger partial charge on any atom is -0.464 e. The monoisotopic (exact) mass is 487 g/mol. The highest BCUT2D eigenvalue weighted by molar-refractivity contribution is 8.29. The second-order valence-corrected chi connectivity index (χ2v) is 10.3. The molecule has 1 spiro atoms. The molecule has 0 unspecified atom stereocenters. The molecule has 1 saturated heterocycles. The molecule has 6 nitrogen and oxygen atoms in total. The lowest BCUT2D eigenvalue weighted by Crippen LogP contribution is -2.51. The minimum absolute atomic E-state index is 0.161. The summed E-state index contributed by atoms with van der Waals surface area (Å²) in [6, 6.07) is 27.0. The second-order valence-electron chi connectivity index (χ2n) is 7.69. The van der Waals surface area contributed by atoms with Crippen molar-refractivity contribution >= 4 is 57.9 Å². The maximum Gasteiger partial charge on any atom is 0.365 e. The standard InChI is InChI=1S/C26H21N3O3S2/c1-18-13-15-21(16-14-18)29-26(34-23(27-29)25(31)32-2)28(20-11-7-4-8-12-20)24(30)22(33-26)17-19-9-5-3-6-10-19/h3-17H,1-2H3/b22-17-/t26-/m0/s1. The Morgan fingerprint density at radius 3 is 2.21 bits per heavy atom. The zero-order chi connectivity index (χ0) is 23.7. The quantitative estimate of drug-likeness (QED) is 0.359. The molecule has 34 heavy (non-hydrogen) atoms. The summed E-state index contributed by atoms with van der Waals surface area (Å²) in [5.41, 5.74) is 3.49. The van der Waals surface area contributed by atoms with Gasteiger partial charge in [0.05, 0.1) is 17.7 Å². The Balaban J connectivity index is 1.69. The average Bonchev–Trinajstić information content (AvgIpc) is 3.37. The smallest absolute Gasteiger partial charge is 0.365 e. The molecule has 3 aromatic rings. The van der Waals surface area contributed by atoms with Gasteiger partial charge in [-0.1, -0.05) is 78.0 Å². The lowest BCUT2D eigenvalue weighted by atomic mass is 10.2. The van der Waals surface area contributed by atoms with Gasteiger partial charge in [0, 0.05) is 5.69 Å². The Kier molecular flexibility index (Phi) is 5.93. The van der Waals surface area contributed by atoms with E-state index in [9.17, 15) is 9.59 Å². The molecule has 0 radical (unpaired) electrons. The summed E-state index contributed by atoms with van der Waals surface area (Å²) in [6.45, 7) is 2.01. The SMILES string of the molecule is COC(=O)C1=NN(c2ccc(C)cc2)[C@]2(S1)S/C(=C\c1ccccc1)C(=O)N2c1ccccc1. The van der Waals surface area contributed by atoms with Crippen molar-refractivity contribution in [2.75, 3.05) is 17.0 Å². The third-order valence-corrected chi connectivity index (χ3v) is 8.07. The van der Waals surface area contributed by atoms with E-state index in [0.717, 1.165) is 16.8 Å². The second kappa shape index (κ2) is 9.04. The molecule has 0 aliphatic carbocycles. The van der Waals surface area contributed by atoms with Gasteiger partial charge in [-0.25, -0.2) is 9.80 Å². The molecule has 2 aliphatic rings. The lowest BCUT2D eigenvalue weighted by molar-refractivity contribution is -0.132. The summed E-state index contributed by atoms with van der Waals surface area (Å²) in [5.74, 6) is -0.702. The summed E-state index contributed by atoms with van der Waals surface area (Å²) >= 11 is 2.58. The Hall–Kier alpha value is -3.49. The van der Waals surface area contributed by atoms with Crippen molar-refractivity contribution < 1.29 is 14.3 Å². The van der Waals surface area contributed by atoms with E-state index in [-0.39, 0.29) is 11.0 Å². The van der Waals surface area contributed by atoms with Gasteiger partial charge in [-0.3, -0.25) is 9.69 Å². The Morgan fingerprint density at radius 1 is 0.912 bits per heavy atom. The maximum atomic E-state index is 13.9. The average molecular weight is 488 g/mol. The number of benzene rings is 3. The number of aryl methyl sites for hydroxylation is 1. The predicted octanol–water partition coefficient (Wildman–Crippen LogP) is 5.47. The van der Waals surface area contributed by atoms with Gasteiger partial charge in [0.15, 0.2) is 0 Å². The van der Waals surface area contributed by atoms with Crippen molar-refractivity contribution in [1.82, 2.24) is 0 Å². The van der Waals surface area contributed by atoms with E-state index in [4.69, 9.17) is 4.74 Å². The molecule has 0 N–H and O–H groups in total. The molecule has 1 amide bonds. The van der Waals surface area contributed by atoms with Gasteiger partial charge in [-0.05, 0) is 54.6 Å². The number of methoxy groups -OCH3 is 1. The van der Waals surface area contributed by atoms with Crippen molar-refractivity contribution in [1.29, 1.82) is 0 Å². The number of para-hydroxylation sites is 1. The van der Waals surface area contributed by atoms with Crippen LogP contribution in [0.5, 0.6) is 0 Å². The number of hydrogen-bond donors (Lipinski definition) is 0. The van der Waals surface area contributed by atoms with Crippen LogP contribution >= 0.6 is 23.5 Å². The van der Waals surface area contributed by atoms with Crippen molar-refractivity contribution in [3.8, 4) is 0 Å².